The molecule has 0 spiro atoms. The van der Waals surface area contributed by atoms with Crippen LogP contribution in [0.4, 0.5) is 5.69 Å². The molecule has 1 aromatic carbocycles. The first-order valence-corrected chi connectivity index (χ1v) is 6.60. The Morgan fingerprint density at radius 1 is 1.24 bits per heavy atom. The second kappa shape index (κ2) is 5.09. The standard InChI is InChI=1S/C15H24N2/c1-15(2,3)8-10-17-11-9-16-12-13-6-4-5-7-14(13)17/h4-7,16H,8-12H2,1-3H3. The Hall–Kier alpha value is -1.02. The first-order chi connectivity index (χ1) is 8.06. The molecule has 2 rings (SSSR count). The zero-order valence-electron chi connectivity index (χ0n) is 11.3. The van der Waals surface area contributed by atoms with Gasteiger partial charge in [0.15, 0.2) is 0 Å². The van der Waals surface area contributed by atoms with Crippen molar-refractivity contribution in [2.45, 2.75) is 33.7 Å². The molecule has 0 fully saturated rings. The van der Waals surface area contributed by atoms with Crippen molar-refractivity contribution in [2.24, 2.45) is 5.41 Å². The minimum Gasteiger partial charge on any atom is -0.370 e. The largest absolute Gasteiger partial charge is 0.370 e. The topological polar surface area (TPSA) is 15.3 Å². The van der Waals surface area contributed by atoms with E-state index in [1.165, 1.54) is 17.7 Å². The third-order valence-electron chi connectivity index (χ3n) is 3.34. The molecule has 17 heavy (non-hydrogen) atoms. The molecule has 1 aliphatic rings. The van der Waals surface area contributed by atoms with Crippen LogP contribution in [0.3, 0.4) is 0 Å². The second-order valence-electron chi connectivity index (χ2n) is 6.10. The number of para-hydroxylation sites is 1. The van der Waals surface area contributed by atoms with E-state index >= 15 is 0 Å². The van der Waals surface area contributed by atoms with Crippen LogP contribution in [-0.2, 0) is 6.54 Å². The van der Waals surface area contributed by atoms with Crippen LogP contribution in [0.1, 0.15) is 32.8 Å². The lowest BCUT2D eigenvalue weighted by Crippen LogP contribution is -2.31. The van der Waals surface area contributed by atoms with Crippen molar-refractivity contribution in [3.05, 3.63) is 29.8 Å². The average molecular weight is 232 g/mol. The monoisotopic (exact) mass is 232 g/mol. The highest BCUT2D eigenvalue weighted by molar-refractivity contribution is 5.54. The lowest BCUT2D eigenvalue weighted by atomic mass is 9.92. The Bertz CT molecular complexity index is 365. The van der Waals surface area contributed by atoms with E-state index in [0.717, 1.165) is 26.2 Å². The summed E-state index contributed by atoms with van der Waals surface area (Å²) < 4.78 is 0. The maximum absolute atomic E-state index is 3.49. The number of nitrogens with zero attached hydrogens (tertiary/aromatic N) is 1. The molecule has 0 radical (unpaired) electrons. The van der Waals surface area contributed by atoms with E-state index < -0.39 is 0 Å². The highest BCUT2D eigenvalue weighted by atomic mass is 15.2. The number of anilines is 1. The number of fused-ring (bicyclic) bond motifs is 1. The van der Waals surface area contributed by atoms with Gasteiger partial charge in [-0.15, -0.1) is 0 Å². The maximum atomic E-state index is 3.49. The zero-order chi connectivity index (χ0) is 12.3. The molecule has 0 atom stereocenters. The van der Waals surface area contributed by atoms with Crippen LogP contribution >= 0.6 is 0 Å². The van der Waals surface area contributed by atoms with Crippen LogP contribution in [-0.4, -0.2) is 19.6 Å². The number of rotatable bonds is 2. The first-order valence-electron chi connectivity index (χ1n) is 6.60. The van der Waals surface area contributed by atoms with Crippen LogP contribution in [0, 0.1) is 5.41 Å². The van der Waals surface area contributed by atoms with Gasteiger partial charge in [0.1, 0.15) is 0 Å². The van der Waals surface area contributed by atoms with Crippen LogP contribution in [0.25, 0.3) is 0 Å². The fourth-order valence-corrected chi connectivity index (χ4v) is 2.23. The van der Waals surface area contributed by atoms with Gasteiger partial charge in [0.05, 0.1) is 0 Å². The smallest absolute Gasteiger partial charge is 0.0412 e. The molecule has 0 unspecified atom stereocenters. The predicted molar refractivity (Wildman–Crippen MR) is 74.4 cm³/mol. The fourth-order valence-electron chi connectivity index (χ4n) is 2.23. The molecule has 2 nitrogen and oxygen atoms in total. The van der Waals surface area contributed by atoms with Crippen LogP contribution in [0.5, 0.6) is 0 Å². The van der Waals surface area contributed by atoms with E-state index in [2.05, 4.69) is 55.3 Å². The molecule has 0 amide bonds. The maximum Gasteiger partial charge on any atom is 0.0412 e. The van der Waals surface area contributed by atoms with Crippen molar-refractivity contribution in [1.82, 2.24) is 5.32 Å². The summed E-state index contributed by atoms with van der Waals surface area (Å²) in [5.41, 5.74) is 3.26. The summed E-state index contributed by atoms with van der Waals surface area (Å²) in [6, 6.07) is 8.77. The predicted octanol–water partition coefficient (Wildman–Crippen LogP) is 3.03. The number of nitrogens with one attached hydrogen (secondary N) is 1. The minimum absolute atomic E-state index is 0.411. The summed E-state index contributed by atoms with van der Waals surface area (Å²) in [6.07, 6.45) is 1.24. The summed E-state index contributed by atoms with van der Waals surface area (Å²) >= 11 is 0. The van der Waals surface area contributed by atoms with Gasteiger partial charge in [-0.1, -0.05) is 39.0 Å². The molecule has 1 aliphatic heterocycles. The molecular weight excluding hydrogens is 208 g/mol. The number of hydrogen-bond donors (Lipinski definition) is 1. The summed E-state index contributed by atoms with van der Waals surface area (Å²) in [5.74, 6) is 0. The van der Waals surface area contributed by atoms with Gasteiger partial charge in [0.2, 0.25) is 0 Å². The van der Waals surface area contributed by atoms with Crippen molar-refractivity contribution in [1.29, 1.82) is 0 Å². The van der Waals surface area contributed by atoms with Crippen molar-refractivity contribution in [3.8, 4) is 0 Å². The van der Waals surface area contributed by atoms with Gasteiger partial charge in [0, 0.05) is 31.9 Å². The quantitative estimate of drug-likeness (QED) is 0.843. The van der Waals surface area contributed by atoms with Crippen LogP contribution in [0.2, 0.25) is 0 Å². The molecule has 2 heteroatoms. The molecule has 0 aromatic heterocycles. The van der Waals surface area contributed by atoms with Crippen LogP contribution in [0.15, 0.2) is 24.3 Å². The zero-order valence-corrected chi connectivity index (χ0v) is 11.3. The van der Waals surface area contributed by atoms with Crippen molar-refractivity contribution in [2.75, 3.05) is 24.5 Å². The summed E-state index contributed by atoms with van der Waals surface area (Å²) in [6.45, 7) is 11.3. The Kier molecular flexibility index (Phi) is 3.72. The van der Waals surface area contributed by atoms with Gasteiger partial charge < -0.3 is 10.2 Å². The second-order valence-corrected chi connectivity index (χ2v) is 6.10. The molecule has 1 heterocycles. The van der Waals surface area contributed by atoms with Gasteiger partial charge in [-0.25, -0.2) is 0 Å². The Labute approximate surface area is 105 Å². The van der Waals surface area contributed by atoms with E-state index in [1.807, 2.05) is 0 Å². The molecular formula is C15H24N2. The van der Waals surface area contributed by atoms with Crippen molar-refractivity contribution >= 4 is 5.69 Å². The Morgan fingerprint density at radius 2 is 2.00 bits per heavy atom. The van der Waals surface area contributed by atoms with E-state index in [4.69, 9.17) is 0 Å². The minimum atomic E-state index is 0.411. The van der Waals surface area contributed by atoms with Gasteiger partial charge in [-0.3, -0.25) is 0 Å². The SMILES string of the molecule is CC(C)(C)CCN1CCNCc2ccccc21. The van der Waals surface area contributed by atoms with E-state index in [-0.39, 0.29) is 0 Å². The average Bonchev–Trinajstić information content (AvgIpc) is 2.47. The lowest BCUT2D eigenvalue weighted by Gasteiger charge is -2.28. The highest BCUT2D eigenvalue weighted by Gasteiger charge is 2.17. The molecule has 1 N–H and O–H groups in total. The number of hydrogen-bond acceptors (Lipinski definition) is 2. The summed E-state index contributed by atoms with van der Waals surface area (Å²) in [5, 5.41) is 3.49. The Balaban J connectivity index is 2.12. The van der Waals surface area contributed by atoms with Gasteiger partial charge in [0.25, 0.3) is 0 Å². The summed E-state index contributed by atoms with van der Waals surface area (Å²) in [7, 11) is 0. The third kappa shape index (κ3) is 3.47. The van der Waals surface area contributed by atoms with Gasteiger partial charge in [-0.2, -0.15) is 0 Å². The molecule has 0 bridgehead atoms. The van der Waals surface area contributed by atoms with Gasteiger partial charge >= 0.3 is 0 Å². The summed E-state index contributed by atoms with van der Waals surface area (Å²) in [4.78, 5) is 2.53. The first kappa shape index (κ1) is 12.4. The van der Waals surface area contributed by atoms with Crippen molar-refractivity contribution in [3.63, 3.8) is 0 Å². The lowest BCUT2D eigenvalue weighted by molar-refractivity contribution is 0.379. The van der Waals surface area contributed by atoms with Crippen molar-refractivity contribution < 1.29 is 0 Å². The number of benzene rings is 1. The molecule has 0 saturated carbocycles. The van der Waals surface area contributed by atoms with Crippen LogP contribution < -0.4 is 10.2 Å². The van der Waals surface area contributed by atoms with E-state index in [1.54, 1.807) is 0 Å². The van der Waals surface area contributed by atoms with E-state index in [9.17, 15) is 0 Å². The molecule has 0 aliphatic carbocycles. The molecule has 0 saturated heterocycles. The van der Waals surface area contributed by atoms with Gasteiger partial charge in [-0.05, 0) is 23.5 Å². The normalized spacial score (nSPS) is 16.5. The third-order valence-corrected chi connectivity index (χ3v) is 3.34. The van der Waals surface area contributed by atoms with E-state index in [0.29, 0.717) is 5.41 Å². The fraction of sp³-hybridized carbons (Fsp3) is 0.600. The molecule has 94 valence electrons. The molecule has 1 aromatic rings. The Morgan fingerprint density at radius 3 is 2.76 bits per heavy atom. The highest BCUT2D eigenvalue weighted by Crippen LogP contribution is 2.25.